The molecule has 0 aromatic carbocycles. The number of hydrogen-bond acceptors (Lipinski definition) is 4. The number of aromatic nitrogens is 2. The summed E-state index contributed by atoms with van der Waals surface area (Å²) in [6.07, 6.45) is 4.46. The zero-order valence-electron chi connectivity index (χ0n) is 12.7. The Labute approximate surface area is 119 Å². The van der Waals surface area contributed by atoms with Crippen LogP contribution < -0.4 is 5.32 Å². The van der Waals surface area contributed by atoms with Crippen molar-refractivity contribution in [2.45, 2.75) is 52.7 Å². The van der Waals surface area contributed by atoms with E-state index in [4.69, 9.17) is 4.74 Å². The summed E-state index contributed by atoms with van der Waals surface area (Å²) in [5.74, 6) is 0.0458. The highest BCUT2D eigenvalue weighted by Crippen LogP contribution is 2.10. The molecule has 0 aliphatic heterocycles. The van der Waals surface area contributed by atoms with Gasteiger partial charge in [0, 0.05) is 12.4 Å². The quantitative estimate of drug-likeness (QED) is 0.920. The minimum absolute atomic E-state index is 0.220. The SMILES string of the molecule is CC(C)C[C@H](NC(=O)OC(C)(C)C)C(=O)n1ccnc1. The van der Waals surface area contributed by atoms with Gasteiger partial charge in [-0.25, -0.2) is 9.78 Å². The zero-order valence-corrected chi connectivity index (χ0v) is 12.7. The van der Waals surface area contributed by atoms with Gasteiger partial charge in [-0.2, -0.15) is 0 Å². The fraction of sp³-hybridized carbons (Fsp3) is 0.643. The summed E-state index contributed by atoms with van der Waals surface area (Å²) in [5, 5.41) is 2.63. The van der Waals surface area contributed by atoms with Crippen LogP contribution in [0, 0.1) is 5.92 Å². The topological polar surface area (TPSA) is 73.2 Å². The van der Waals surface area contributed by atoms with Gasteiger partial charge in [-0.15, -0.1) is 0 Å². The summed E-state index contributed by atoms with van der Waals surface area (Å²) in [5.41, 5.74) is -0.593. The van der Waals surface area contributed by atoms with Gasteiger partial charge in [-0.05, 0) is 33.1 Å². The molecule has 0 saturated heterocycles. The van der Waals surface area contributed by atoms with Crippen molar-refractivity contribution in [3.05, 3.63) is 18.7 Å². The molecule has 20 heavy (non-hydrogen) atoms. The number of carbonyl (C=O) groups is 2. The molecule has 112 valence electrons. The summed E-state index contributed by atoms with van der Waals surface area (Å²) < 4.78 is 6.56. The fourth-order valence-electron chi connectivity index (χ4n) is 1.71. The van der Waals surface area contributed by atoms with Gasteiger partial charge in [0.25, 0.3) is 5.91 Å². The Morgan fingerprint density at radius 2 is 2.00 bits per heavy atom. The molecule has 0 bridgehead atoms. The van der Waals surface area contributed by atoms with Gasteiger partial charge in [-0.1, -0.05) is 13.8 Å². The summed E-state index contributed by atoms with van der Waals surface area (Å²) >= 11 is 0. The molecule has 0 radical (unpaired) electrons. The van der Waals surface area contributed by atoms with E-state index in [0.717, 1.165) is 0 Å². The van der Waals surface area contributed by atoms with Crippen molar-refractivity contribution in [3.63, 3.8) is 0 Å². The number of nitrogens with zero attached hydrogens (tertiary/aromatic N) is 2. The Balaban J connectivity index is 2.75. The van der Waals surface area contributed by atoms with Crippen LogP contribution in [0.15, 0.2) is 18.7 Å². The minimum Gasteiger partial charge on any atom is -0.444 e. The Morgan fingerprint density at radius 1 is 1.35 bits per heavy atom. The molecular formula is C14H23N3O3. The average molecular weight is 281 g/mol. The van der Waals surface area contributed by atoms with Crippen LogP contribution in [-0.2, 0) is 4.74 Å². The second-order valence-electron chi connectivity index (χ2n) is 6.14. The third kappa shape index (κ3) is 5.42. The van der Waals surface area contributed by atoms with Gasteiger partial charge in [0.1, 0.15) is 18.0 Å². The molecule has 0 fully saturated rings. The lowest BCUT2D eigenvalue weighted by Gasteiger charge is -2.24. The average Bonchev–Trinajstić information content (AvgIpc) is 2.76. The normalized spacial score (nSPS) is 13.1. The van der Waals surface area contributed by atoms with Gasteiger partial charge in [0.05, 0.1) is 0 Å². The molecule has 1 heterocycles. The van der Waals surface area contributed by atoms with Crippen molar-refractivity contribution in [1.82, 2.24) is 14.9 Å². The van der Waals surface area contributed by atoms with E-state index in [9.17, 15) is 9.59 Å². The highest BCUT2D eigenvalue weighted by atomic mass is 16.6. The first-order valence-corrected chi connectivity index (χ1v) is 6.70. The van der Waals surface area contributed by atoms with Crippen molar-refractivity contribution in [2.24, 2.45) is 5.92 Å². The predicted octanol–water partition coefficient (Wildman–Crippen LogP) is 2.46. The van der Waals surface area contributed by atoms with E-state index in [-0.39, 0.29) is 11.8 Å². The molecule has 0 aliphatic carbocycles. The number of nitrogens with one attached hydrogen (secondary N) is 1. The Hall–Kier alpha value is -1.85. The summed E-state index contributed by atoms with van der Waals surface area (Å²) in [6.45, 7) is 9.32. The first-order chi connectivity index (χ1) is 9.19. The van der Waals surface area contributed by atoms with Crippen molar-refractivity contribution < 1.29 is 14.3 Å². The molecule has 6 heteroatoms. The number of carbonyl (C=O) groups excluding carboxylic acids is 2. The zero-order chi connectivity index (χ0) is 15.3. The molecule has 1 aromatic rings. The Morgan fingerprint density at radius 3 is 2.45 bits per heavy atom. The van der Waals surface area contributed by atoms with Crippen molar-refractivity contribution in [3.8, 4) is 0 Å². The highest BCUT2D eigenvalue weighted by Gasteiger charge is 2.25. The van der Waals surface area contributed by atoms with Crippen LogP contribution >= 0.6 is 0 Å². The van der Waals surface area contributed by atoms with E-state index >= 15 is 0 Å². The van der Waals surface area contributed by atoms with Crippen LogP contribution in [0.4, 0.5) is 4.79 Å². The van der Waals surface area contributed by atoms with E-state index in [2.05, 4.69) is 10.3 Å². The second-order valence-corrected chi connectivity index (χ2v) is 6.14. The van der Waals surface area contributed by atoms with E-state index < -0.39 is 17.7 Å². The molecule has 0 unspecified atom stereocenters. The lowest BCUT2D eigenvalue weighted by Crippen LogP contribution is -2.45. The number of amides is 1. The number of hydrogen-bond donors (Lipinski definition) is 1. The molecule has 1 N–H and O–H groups in total. The number of imidazole rings is 1. The smallest absolute Gasteiger partial charge is 0.408 e. The molecule has 1 amide bonds. The van der Waals surface area contributed by atoms with Gasteiger partial charge >= 0.3 is 6.09 Å². The van der Waals surface area contributed by atoms with E-state index in [0.29, 0.717) is 6.42 Å². The fourth-order valence-corrected chi connectivity index (χ4v) is 1.71. The lowest BCUT2D eigenvalue weighted by atomic mass is 10.0. The largest absolute Gasteiger partial charge is 0.444 e. The molecule has 1 rings (SSSR count). The molecule has 1 aromatic heterocycles. The van der Waals surface area contributed by atoms with Crippen LogP contribution in [0.3, 0.4) is 0 Å². The van der Waals surface area contributed by atoms with E-state index in [1.165, 1.54) is 17.1 Å². The maximum atomic E-state index is 12.3. The summed E-state index contributed by atoms with van der Waals surface area (Å²) in [6, 6.07) is -0.626. The molecule has 6 nitrogen and oxygen atoms in total. The predicted molar refractivity (Wildman–Crippen MR) is 75.5 cm³/mol. The molecular weight excluding hydrogens is 258 g/mol. The summed E-state index contributed by atoms with van der Waals surface area (Å²) in [7, 11) is 0. The molecule has 0 saturated carbocycles. The molecule has 0 spiro atoms. The van der Waals surface area contributed by atoms with Crippen LogP contribution in [0.5, 0.6) is 0 Å². The highest BCUT2D eigenvalue weighted by molar-refractivity contribution is 5.87. The van der Waals surface area contributed by atoms with Gasteiger partial charge in [0.2, 0.25) is 0 Å². The second kappa shape index (κ2) is 6.54. The van der Waals surface area contributed by atoms with E-state index in [1.54, 1.807) is 27.0 Å². The Kier molecular flexibility index (Phi) is 5.30. The third-order valence-electron chi connectivity index (χ3n) is 2.46. The van der Waals surface area contributed by atoms with E-state index in [1.807, 2.05) is 13.8 Å². The maximum absolute atomic E-state index is 12.3. The van der Waals surface area contributed by atoms with Crippen LogP contribution in [-0.4, -0.2) is 33.2 Å². The van der Waals surface area contributed by atoms with Crippen LogP contribution in [0.25, 0.3) is 0 Å². The standard InChI is InChI=1S/C14H23N3O3/c1-10(2)8-11(12(18)17-7-6-15-9-17)16-13(19)20-14(3,4)5/h6-7,9-11H,8H2,1-5H3,(H,16,19)/t11-/m0/s1. The van der Waals surface area contributed by atoms with Crippen molar-refractivity contribution in [1.29, 1.82) is 0 Å². The van der Waals surface area contributed by atoms with Crippen LogP contribution in [0.1, 0.15) is 45.8 Å². The van der Waals surface area contributed by atoms with Gasteiger partial charge in [0.15, 0.2) is 0 Å². The van der Waals surface area contributed by atoms with Gasteiger partial charge < -0.3 is 10.1 Å². The summed E-state index contributed by atoms with van der Waals surface area (Å²) in [4.78, 5) is 28.0. The maximum Gasteiger partial charge on any atom is 0.408 e. The van der Waals surface area contributed by atoms with Crippen LogP contribution in [0.2, 0.25) is 0 Å². The van der Waals surface area contributed by atoms with Crippen molar-refractivity contribution in [2.75, 3.05) is 0 Å². The monoisotopic (exact) mass is 281 g/mol. The number of alkyl carbamates (subject to hydrolysis) is 1. The van der Waals surface area contributed by atoms with Crippen molar-refractivity contribution >= 4 is 12.0 Å². The third-order valence-corrected chi connectivity index (χ3v) is 2.46. The minimum atomic E-state index is -0.626. The molecule has 1 atom stereocenters. The number of ether oxygens (including phenoxy) is 1. The Bertz CT molecular complexity index is 447. The van der Waals surface area contributed by atoms with Gasteiger partial charge in [-0.3, -0.25) is 9.36 Å². The first-order valence-electron chi connectivity index (χ1n) is 6.70. The number of rotatable bonds is 4. The lowest BCUT2D eigenvalue weighted by molar-refractivity contribution is 0.0475. The first kappa shape index (κ1) is 16.2. The molecule has 0 aliphatic rings.